The molecule has 9 heteroatoms. The van der Waals surface area contributed by atoms with Crippen molar-refractivity contribution in [3.05, 3.63) is 0 Å². The predicted octanol–water partition coefficient (Wildman–Crippen LogP) is 3.58. The van der Waals surface area contributed by atoms with E-state index in [2.05, 4.69) is 0 Å². The Balaban J connectivity index is 4.84. The summed E-state index contributed by atoms with van der Waals surface area (Å²) in [6.45, 7) is 4.62. The van der Waals surface area contributed by atoms with Gasteiger partial charge < -0.3 is 9.05 Å². The summed E-state index contributed by atoms with van der Waals surface area (Å²) >= 11 is 6.23. The second kappa shape index (κ2) is 7.77. The molecule has 0 aromatic rings. The van der Waals surface area contributed by atoms with E-state index in [1.807, 2.05) is 27.7 Å². The van der Waals surface area contributed by atoms with Gasteiger partial charge in [0.2, 0.25) is 0 Å². The number of hydrogen-bond acceptors (Lipinski definition) is 5. The van der Waals surface area contributed by atoms with Crippen LogP contribution in [0.1, 0.15) is 27.7 Å². The van der Waals surface area contributed by atoms with Gasteiger partial charge in [-0.2, -0.15) is 4.08 Å². The van der Waals surface area contributed by atoms with Gasteiger partial charge >= 0.3 is 6.16 Å². The van der Waals surface area contributed by atoms with E-state index < -0.39 is 12.8 Å². The molecule has 0 N–H and O–H groups in total. The summed E-state index contributed by atoms with van der Waals surface area (Å²) in [6.07, 6.45) is -1.80. The molecular formula is C9H20FN2O3PS2. The average molecular weight is 318 g/mol. The van der Waals surface area contributed by atoms with Gasteiger partial charge in [0.25, 0.3) is 6.64 Å². The lowest BCUT2D eigenvalue weighted by atomic mass is 10.5. The summed E-state index contributed by atoms with van der Waals surface area (Å²) in [5.74, 6) is 0. The van der Waals surface area contributed by atoms with Gasteiger partial charge in [-0.15, -0.1) is 4.39 Å². The van der Waals surface area contributed by atoms with Gasteiger partial charge in [0.15, 0.2) is 0 Å². The molecular weight excluding hydrogens is 298 g/mol. The van der Waals surface area contributed by atoms with Crippen LogP contribution in [0, 0.1) is 0 Å². The number of rotatable bonds is 7. The summed E-state index contributed by atoms with van der Waals surface area (Å²) in [4.78, 5) is 10.6. The normalized spacial score (nSPS) is 12.6. The second-order valence-electron chi connectivity index (χ2n) is 4.07. The zero-order valence-electron chi connectivity index (χ0n) is 11.4. The highest BCUT2D eigenvalue weighted by atomic mass is 32.5. The molecule has 0 rings (SSSR count). The molecule has 0 aliphatic rings. The maximum atomic E-state index is 12.5. The zero-order valence-corrected chi connectivity index (χ0v) is 13.9. The van der Waals surface area contributed by atoms with Crippen LogP contribution in [0.15, 0.2) is 0 Å². The molecule has 1 amide bonds. The maximum Gasteiger partial charge on any atom is 0.410 e. The van der Waals surface area contributed by atoms with Gasteiger partial charge in [0.1, 0.15) is 0 Å². The summed E-state index contributed by atoms with van der Waals surface area (Å²) in [6, 6.07) is 0. The van der Waals surface area contributed by atoms with E-state index in [0.717, 1.165) is 16.4 Å². The third-order valence-corrected chi connectivity index (χ3v) is 6.64. The minimum Gasteiger partial charge on any atom is -0.314 e. The van der Waals surface area contributed by atoms with E-state index in [4.69, 9.17) is 20.9 Å². The van der Waals surface area contributed by atoms with Gasteiger partial charge in [0, 0.05) is 14.1 Å². The first-order valence-electron chi connectivity index (χ1n) is 5.40. The number of amides is 1. The van der Waals surface area contributed by atoms with Crippen molar-refractivity contribution < 1.29 is 18.2 Å². The summed E-state index contributed by atoms with van der Waals surface area (Å²) in [5, 5.41) is 0. The highest BCUT2D eigenvalue weighted by Crippen LogP contribution is 2.56. The van der Waals surface area contributed by atoms with E-state index in [1.165, 1.54) is 11.1 Å². The molecule has 0 atom stereocenters. The largest absolute Gasteiger partial charge is 0.410 e. The second-order valence-corrected chi connectivity index (χ2v) is 8.95. The van der Waals surface area contributed by atoms with E-state index in [9.17, 15) is 9.18 Å². The van der Waals surface area contributed by atoms with Crippen molar-refractivity contribution in [2.24, 2.45) is 0 Å². The van der Waals surface area contributed by atoms with Crippen molar-refractivity contribution in [3.8, 4) is 0 Å². The van der Waals surface area contributed by atoms with Crippen LogP contribution in [0.5, 0.6) is 0 Å². The molecule has 108 valence electrons. The summed E-state index contributed by atoms with van der Waals surface area (Å²) in [7, 11) is 2.93. The highest BCUT2D eigenvalue weighted by molar-refractivity contribution is 8.15. The molecule has 0 spiro atoms. The van der Waals surface area contributed by atoms with Crippen LogP contribution < -0.4 is 0 Å². The van der Waals surface area contributed by atoms with E-state index >= 15 is 0 Å². The van der Waals surface area contributed by atoms with E-state index in [1.54, 1.807) is 7.05 Å². The van der Waals surface area contributed by atoms with Crippen molar-refractivity contribution in [2.75, 3.05) is 14.1 Å². The monoisotopic (exact) mass is 318 g/mol. The smallest absolute Gasteiger partial charge is 0.314 e. The van der Waals surface area contributed by atoms with Crippen molar-refractivity contribution in [2.45, 2.75) is 39.9 Å². The standard InChI is InChI=1S/C9H20FN2O3PS2/c1-7(2)14-16(17,15-8(3)4)12(6)18-11(5)9(10)13/h7-8H,1-6H3. The number of carbonyl (C=O) groups is 1. The minimum absolute atomic E-state index is 0.121. The van der Waals surface area contributed by atoms with Gasteiger partial charge in [-0.05, 0) is 39.5 Å². The van der Waals surface area contributed by atoms with Crippen LogP contribution >= 0.6 is 18.8 Å². The molecule has 0 radical (unpaired) electrons. The predicted molar refractivity (Wildman–Crippen MR) is 76.3 cm³/mol. The Hall–Kier alpha value is 0.280. The molecule has 0 aliphatic heterocycles. The number of nitrogens with zero attached hydrogens (tertiary/aromatic N) is 2. The number of halogens is 1. The fraction of sp³-hybridized carbons (Fsp3) is 0.889. The van der Waals surface area contributed by atoms with Crippen LogP contribution in [0.25, 0.3) is 0 Å². The van der Waals surface area contributed by atoms with Gasteiger partial charge in [-0.1, -0.05) is 0 Å². The lowest BCUT2D eigenvalue weighted by Gasteiger charge is -2.33. The van der Waals surface area contributed by atoms with Crippen molar-refractivity contribution in [1.29, 1.82) is 0 Å². The van der Waals surface area contributed by atoms with E-state index in [0.29, 0.717) is 0 Å². The number of carbonyl (C=O) groups excluding carboxylic acids is 1. The molecule has 0 aliphatic carbocycles. The van der Waals surface area contributed by atoms with Gasteiger partial charge in [0.05, 0.1) is 24.3 Å². The van der Waals surface area contributed by atoms with E-state index in [-0.39, 0.29) is 12.2 Å². The Morgan fingerprint density at radius 2 is 1.61 bits per heavy atom. The Kier molecular flexibility index (Phi) is 7.89. The first-order chi connectivity index (χ1) is 8.08. The average Bonchev–Trinajstić information content (AvgIpc) is 2.14. The SMILES string of the molecule is CC(C)OP(=S)(OC(C)C)N(C)SN(C)C(=O)F. The molecule has 0 unspecified atom stereocenters. The Morgan fingerprint density at radius 3 is 1.89 bits per heavy atom. The van der Waals surface area contributed by atoms with Crippen LogP contribution in [0.2, 0.25) is 0 Å². The van der Waals surface area contributed by atoms with Crippen LogP contribution in [-0.4, -0.2) is 40.8 Å². The van der Waals surface area contributed by atoms with Gasteiger partial charge in [-0.3, -0.25) is 0 Å². The molecule has 0 heterocycles. The molecule has 0 fully saturated rings. The summed E-state index contributed by atoms with van der Waals surface area (Å²) < 4.78 is 26.1. The lowest BCUT2D eigenvalue weighted by Crippen LogP contribution is -2.23. The van der Waals surface area contributed by atoms with Gasteiger partial charge in [-0.25, -0.2) is 9.10 Å². The molecule has 0 aromatic heterocycles. The highest BCUT2D eigenvalue weighted by Gasteiger charge is 2.30. The summed E-state index contributed by atoms with van der Waals surface area (Å²) in [5.41, 5.74) is 0. The lowest BCUT2D eigenvalue weighted by molar-refractivity contribution is 0.160. The van der Waals surface area contributed by atoms with Crippen molar-refractivity contribution in [3.63, 3.8) is 0 Å². The molecule has 18 heavy (non-hydrogen) atoms. The Morgan fingerprint density at radius 1 is 1.22 bits per heavy atom. The molecule has 5 nitrogen and oxygen atoms in total. The molecule has 0 saturated heterocycles. The van der Waals surface area contributed by atoms with Crippen LogP contribution in [-0.2, 0) is 20.9 Å². The molecule has 0 aromatic carbocycles. The Bertz CT molecular complexity index is 317. The van der Waals surface area contributed by atoms with Crippen molar-refractivity contribution >= 4 is 36.7 Å². The Labute approximate surface area is 117 Å². The quantitative estimate of drug-likeness (QED) is 0.309. The number of hydrogen-bond donors (Lipinski definition) is 0. The molecule has 0 bridgehead atoms. The zero-order chi connectivity index (χ0) is 14.5. The fourth-order valence-electron chi connectivity index (χ4n) is 0.945. The topological polar surface area (TPSA) is 42.0 Å². The maximum absolute atomic E-state index is 12.5. The first kappa shape index (κ1) is 18.3. The minimum atomic E-state index is -2.75. The van der Waals surface area contributed by atoms with Crippen LogP contribution in [0.3, 0.4) is 0 Å². The molecule has 0 saturated carbocycles. The van der Waals surface area contributed by atoms with Crippen LogP contribution in [0.4, 0.5) is 9.18 Å². The third-order valence-electron chi connectivity index (χ3n) is 1.52. The fourth-order valence-corrected chi connectivity index (χ4v) is 4.96. The first-order valence-corrected chi connectivity index (χ1v) is 8.73. The third kappa shape index (κ3) is 6.45. The van der Waals surface area contributed by atoms with Crippen molar-refractivity contribution in [1.82, 2.24) is 8.38 Å².